The standard InChI is InChI=1S/C20H22N2O3S/c1-16-5-2-6-17(13-16)25-11-9-21-20(23)22(14-18-7-3-10-24-18)15-19-8-4-12-26-19/h2-8,10,12-13H,9,11,14-15H2,1H3,(H,21,23). The summed E-state index contributed by atoms with van der Waals surface area (Å²) in [5.41, 5.74) is 1.15. The summed E-state index contributed by atoms with van der Waals surface area (Å²) >= 11 is 1.63. The monoisotopic (exact) mass is 370 g/mol. The molecule has 2 aromatic heterocycles. The largest absolute Gasteiger partial charge is 0.492 e. The molecule has 0 aliphatic rings. The molecule has 0 bridgehead atoms. The topological polar surface area (TPSA) is 54.7 Å². The molecule has 0 atom stereocenters. The summed E-state index contributed by atoms with van der Waals surface area (Å²) in [6, 6.07) is 15.4. The highest BCUT2D eigenvalue weighted by molar-refractivity contribution is 7.09. The average Bonchev–Trinajstić information content (AvgIpc) is 3.32. The first-order valence-electron chi connectivity index (χ1n) is 8.48. The lowest BCUT2D eigenvalue weighted by molar-refractivity contribution is 0.185. The van der Waals surface area contributed by atoms with Gasteiger partial charge in [-0.1, -0.05) is 18.2 Å². The van der Waals surface area contributed by atoms with Crippen molar-refractivity contribution in [2.45, 2.75) is 20.0 Å². The van der Waals surface area contributed by atoms with Crippen LogP contribution >= 0.6 is 11.3 Å². The van der Waals surface area contributed by atoms with E-state index in [2.05, 4.69) is 5.32 Å². The first-order valence-corrected chi connectivity index (χ1v) is 9.36. The van der Waals surface area contributed by atoms with Gasteiger partial charge in [-0.05, 0) is 48.2 Å². The maximum atomic E-state index is 12.6. The quantitative estimate of drug-likeness (QED) is 0.597. The number of rotatable bonds is 8. The van der Waals surface area contributed by atoms with Crippen LogP contribution in [0.15, 0.2) is 64.6 Å². The Bertz CT molecular complexity index is 764. The van der Waals surface area contributed by atoms with Gasteiger partial charge in [0, 0.05) is 4.88 Å². The molecule has 0 unspecified atom stereocenters. The van der Waals surface area contributed by atoms with Crippen molar-refractivity contribution in [1.29, 1.82) is 0 Å². The molecule has 1 N–H and O–H groups in total. The van der Waals surface area contributed by atoms with Crippen LogP contribution in [-0.2, 0) is 13.1 Å². The first-order chi connectivity index (χ1) is 12.7. The Balaban J connectivity index is 1.51. The van der Waals surface area contributed by atoms with E-state index in [4.69, 9.17) is 9.15 Å². The van der Waals surface area contributed by atoms with Crippen LogP contribution in [0.4, 0.5) is 4.79 Å². The molecule has 3 aromatic rings. The number of nitrogens with one attached hydrogen (secondary N) is 1. The number of benzene rings is 1. The number of hydrogen-bond acceptors (Lipinski definition) is 4. The van der Waals surface area contributed by atoms with Gasteiger partial charge in [-0.25, -0.2) is 4.79 Å². The second kappa shape index (κ2) is 9.10. The Morgan fingerprint density at radius 3 is 2.85 bits per heavy atom. The van der Waals surface area contributed by atoms with Gasteiger partial charge < -0.3 is 19.4 Å². The summed E-state index contributed by atoms with van der Waals surface area (Å²) in [4.78, 5) is 15.4. The summed E-state index contributed by atoms with van der Waals surface area (Å²) in [6.07, 6.45) is 1.62. The number of furan rings is 1. The van der Waals surface area contributed by atoms with Gasteiger partial charge in [0.05, 0.1) is 25.9 Å². The molecule has 2 amide bonds. The lowest BCUT2D eigenvalue weighted by Gasteiger charge is -2.21. The van der Waals surface area contributed by atoms with Gasteiger partial charge in [-0.15, -0.1) is 11.3 Å². The molecule has 0 radical (unpaired) electrons. The third-order valence-electron chi connectivity index (χ3n) is 3.78. The number of carbonyl (C=O) groups excluding carboxylic acids is 1. The molecule has 5 nitrogen and oxygen atoms in total. The molecular weight excluding hydrogens is 348 g/mol. The van der Waals surface area contributed by atoms with Crippen LogP contribution < -0.4 is 10.1 Å². The molecule has 6 heteroatoms. The second-order valence-electron chi connectivity index (χ2n) is 5.91. The summed E-state index contributed by atoms with van der Waals surface area (Å²) in [5.74, 6) is 1.57. The summed E-state index contributed by atoms with van der Waals surface area (Å²) in [5, 5.41) is 4.93. The summed E-state index contributed by atoms with van der Waals surface area (Å²) in [7, 11) is 0. The molecule has 0 fully saturated rings. The highest BCUT2D eigenvalue weighted by atomic mass is 32.1. The van der Waals surface area contributed by atoms with Gasteiger partial charge in [-0.3, -0.25) is 0 Å². The van der Waals surface area contributed by atoms with Gasteiger partial charge in [0.15, 0.2) is 0 Å². The minimum absolute atomic E-state index is 0.136. The lowest BCUT2D eigenvalue weighted by Crippen LogP contribution is -2.40. The maximum Gasteiger partial charge on any atom is 0.318 e. The van der Waals surface area contributed by atoms with Gasteiger partial charge in [0.2, 0.25) is 0 Å². The van der Waals surface area contributed by atoms with Crippen LogP contribution in [-0.4, -0.2) is 24.1 Å². The number of carbonyl (C=O) groups is 1. The predicted molar refractivity (Wildman–Crippen MR) is 102 cm³/mol. The smallest absolute Gasteiger partial charge is 0.318 e. The van der Waals surface area contributed by atoms with E-state index in [1.54, 1.807) is 22.5 Å². The van der Waals surface area contributed by atoms with E-state index in [9.17, 15) is 4.79 Å². The minimum atomic E-state index is -0.136. The lowest BCUT2D eigenvalue weighted by atomic mass is 10.2. The summed E-state index contributed by atoms with van der Waals surface area (Å²) in [6.45, 7) is 3.85. The fourth-order valence-corrected chi connectivity index (χ4v) is 3.24. The molecular formula is C20H22N2O3S. The SMILES string of the molecule is Cc1cccc(OCCNC(=O)N(Cc2ccco2)Cc2cccs2)c1. The van der Waals surface area contributed by atoms with E-state index in [1.165, 1.54) is 0 Å². The normalized spacial score (nSPS) is 10.5. The maximum absolute atomic E-state index is 12.6. The molecule has 0 aliphatic carbocycles. The van der Waals surface area contributed by atoms with E-state index in [-0.39, 0.29) is 6.03 Å². The fourth-order valence-electron chi connectivity index (χ4n) is 2.52. The number of ether oxygens (including phenoxy) is 1. The number of nitrogens with zero attached hydrogens (tertiary/aromatic N) is 1. The highest BCUT2D eigenvalue weighted by Crippen LogP contribution is 2.15. The van der Waals surface area contributed by atoms with E-state index >= 15 is 0 Å². The van der Waals surface area contributed by atoms with Crippen molar-refractivity contribution in [1.82, 2.24) is 10.2 Å². The molecule has 26 heavy (non-hydrogen) atoms. The molecule has 0 spiro atoms. The predicted octanol–water partition coefficient (Wildman–Crippen LogP) is 4.44. The van der Waals surface area contributed by atoms with Crippen molar-refractivity contribution in [3.05, 3.63) is 76.4 Å². The zero-order chi connectivity index (χ0) is 18.2. The molecule has 0 saturated heterocycles. The number of urea groups is 1. The van der Waals surface area contributed by atoms with Crippen LogP contribution in [0, 0.1) is 6.92 Å². The van der Waals surface area contributed by atoms with Crippen molar-refractivity contribution in [2.75, 3.05) is 13.2 Å². The Labute approximate surface area is 157 Å². The molecule has 2 heterocycles. The summed E-state index contributed by atoms with van der Waals surface area (Å²) < 4.78 is 11.1. The molecule has 3 rings (SSSR count). The minimum Gasteiger partial charge on any atom is -0.492 e. The zero-order valence-electron chi connectivity index (χ0n) is 14.7. The van der Waals surface area contributed by atoms with Crippen molar-refractivity contribution < 1.29 is 13.9 Å². The molecule has 0 aliphatic heterocycles. The number of hydrogen-bond donors (Lipinski definition) is 1. The van der Waals surface area contributed by atoms with Crippen LogP contribution in [0.2, 0.25) is 0 Å². The Morgan fingerprint density at radius 2 is 2.12 bits per heavy atom. The Hall–Kier alpha value is -2.73. The van der Waals surface area contributed by atoms with E-state index < -0.39 is 0 Å². The van der Waals surface area contributed by atoms with Gasteiger partial charge in [0.25, 0.3) is 0 Å². The number of aryl methyl sites for hydroxylation is 1. The second-order valence-corrected chi connectivity index (χ2v) is 6.94. The molecule has 1 aromatic carbocycles. The van der Waals surface area contributed by atoms with Gasteiger partial charge in [0.1, 0.15) is 18.1 Å². The van der Waals surface area contributed by atoms with Crippen molar-refractivity contribution in [3.63, 3.8) is 0 Å². The Kier molecular flexibility index (Phi) is 6.33. The zero-order valence-corrected chi connectivity index (χ0v) is 15.5. The van der Waals surface area contributed by atoms with Crippen molar-refractivity contribution in [3.8, 4) is 5.75 Å². The van der Waals surface area contributed by atoms with E-state index in [1.807, 2.05) is 60.8 Å². The van der Waals surface area contributed by atoms with Crippen LogP contribution in [0.25, 0.3) is 0 Å². The molecule has 0 saturated carbocycles. The number of amides is 2. The van der Waals surface area contributed by atoms with Crippen LogP contribution in [0.5, 0.6) is 5.75 Å². The average molecular weight is 370 g/mol. The van der Waals surface area contributed by atoms with Crippen LogP contribution in [0.1, 0.15) is 16.2 Å². The Morgan fingerprint density at radius 1 is 1.19 bits per heavy atom. The third kappa shape index (κ3) is 5.39. The van der Waals surface area contributed by atoms with Crippen LogP contribution in [0.3, 0.4) is 0 Å². The number of thiophene rings is 1. The van der Waals surface area contributed by atoms with Crippen molar-refractivity contribution in [2.24, 2.45) is 0 Å². The molecule has 136 valence electrons. The highest BCUT2D eigenvalue weighted by Gasteiger charge is 2.16. The van der Waals surface area contributed by atoms with Gasteiger partial charge in [-0.2, -0.15) is 0 Å². The first kappa shape index (κ1) is 18.1. The van der Waals surface area contributed by atoms with E-state index in [0.29, 0.717) is 26.2 Å². The fraction of sp³-hybridized carbons (Fsp3) is 0.250. The van der Waals surface area contributed by atoms with Crippen molar-refractivity contribution >= 4 is 17.4 Å². The van der Waals surface area contributed by atoms with E-state index in [0.717, 1.165) is 22.0 Å². The third-order valence-corrected chi connectivity index (χ3v) is 4.64. The van der Waals surface area contributed by atoms with Gasteiger partial charge >= 0.3 is 6.03 Å².